The fourth-order valence-corrected chi connectivity index (χ4v) is 2.12. The highest BCUT2D eigenvalue weighted by Crippen LogP contribution is 2.12. The van der Waals surface area contributed by atoms with Crippen molar-refractivity contribution in [2.24, 2.45) is 0 Å². The van der Waals surface area contributed by atoms with E-state index in [9.17, 15) is 4.79 Å². The second-order valence-corrected chi connectivity index (χ2v) is 4.82. The van der Waals surface area contributed by atoms with E-state index in [0.717, 1.165) is 17.5 Å². The van der Waals surface area contributed by atoms with Crippen molar-refractivity contribution in [2.45, 2.75) is 12.8 Å². The van der Waals surface area contributed by atoms with Crippen LogP contribution in [0.1, 0.15) is 21.5 Å². The number of hydrogen-bond donors (Lipinski definition) is 0. The molecule has 0 bridgehead atoms. The first-order valence-electron chi connectivity index (χ1n) is 6.81. The van der Waals surface area contributed by atoms with Gasteiger partial charge in [-0.1, -0.05) is 18.2 Å². The van der Waals surface area contributed by atoms with Gasteiger partial charge in [0.25, 0.3) is 5.91 Å². The molecule has 1 aromatic heterocycles. The van der Waals surface area contributed by atoms with E-state index in [2.05, 4.69) is 11.1 Å². The van der Waals surface area contributed by atoms with E-state index in [-0.39, 0.29) is 12.3 Å². The van der Waals surface area contributed by atoms with Gasteiger partial charge in [0.15, 0.2) is 0 Å². The predicted molar refractivity (Wildman–Crippen MR) is 80.7 cm³/mol. The number of carbonyl (C=O) groups is 1. The smallest absolute Gasteiger partial charge is 0.253 e. The molecule has 0 saturated carbocycles. The molecule has 2 aromatic rings. The maximum atomic E-state index is 12.5. The Kier molecular flexibility index (Phi) is 5.05. The number of aromatic nitrogens is 1. The molecule has 2 rings (SSSR count). The van der Waals surface area contributed by atoms with Gasteiger partial charge in [-0.25, -0.2) is 0 Å². The lowest BCUT2D eigenvalue weighted by Crippen LogP contribution is -2.29. The molecule has 1 amide bonds. The van der Waals surface area contributed by atoms with Crippen LogP contribution >= 0.6 is 0 Å². The van der Waals surface area contributed by atoms with Gasteiger partial charge in [-0.05, 0) is 35.7 Å². The van der Waals surface area contributed by atoms with Gasteiger partial charge in [-0.2, -0.15) is 5.26 Å². The molecular formula is C17H17N3O. The van der Waals surface area contributed by atoms with E-state index in [1.165, 1.54) is 0 Å². The molecule has 0 aliphatic rings. The molecule has 0 unspecified atom stereocenters. The fourth-order valence-electron chi connectivity index (χ4n) is 2.12. The van der Waals surface area contributed by atoms with Gasteiger partial charge < -0.3 is 4.90 Å². The number of likely N-dealkylation sites (N-methyl/N-ethyl adjacent to an activating group) is 1. The van der Waals surface area contributed by atoms with Crippen LogP contribution in [0.25, 0.3) is 0 Å². The van der Waals surface area contributed by atoms with E-state index in [1.54, 1.807) is 30.4 Å². The zero-order valence-corrected chi connectivity index (χ0v) is 12.0. The van der Waals surface area contributed by atoms with Gasteiger partial charge in [0.2, 0.25) is 0 Å². The number of pyridine rings is 1. The van der Waals surface area contributed by atoms with Gasteiger partial charge in [0.1, 0.15) is 0 Å². The average Bonchev–Trinajstić information content (AvgIpc) is 2.54. The van der Waals surface area contributed by atoms with Gasteiger partial charge >= 0.3 is 0 Å². The van der Waals surface area contributed by atoms with Crippen LogP contribution in [0, 0.1) is 11.3 Å². The first-order valence-corrected chi connectivity index (χ1v) is 6.81. The van der Waals surface area contributed by atoms with Gasteiger partial charge in [-0.15, -0.1) is 0 Å². The lowest BCUT2D eigenvalue weighted by molar-refractivity contribution is 0.0795. The Morgan fingerprint density at radius 1 is 1.24 bits per heavy atom. The molecule has 1 heterocycles. The Bertz CT molecular complexity index is 647. The van der Waals surface area contributed by atoms with Crippen molar-refractivity contribution in [2.75, 3.05) is 13.6 Å². The summed E-state index contributed by atoms with van der Waals surface area (Å²) in [6.07, 6.45) is 4.53. The number of carbonyl (C=O) groups excluding carboxylic acids is 1. The van der Waals surface area contributed by atoms with E-state index in [0.29, 0.717) is 12.1 Å². The van der Waals surface area contributed by atoms with Crippen molar-refractivity contribution in [3.8, 4) is 6.07 Å². The molecule has 0 aliphatic heterocycles. The summed E-state index contributed by atoms with van der Waals surface area (Å²) in [5.41, 5.74) is 2.53. The average molecular weight is 279 g/mol. The molecule has 0 N–H and O–H groups in total. The maximum absolute atomic E-state index is 12.5. The van der Waals surface area contributed by atoms with E-state index in [4.69, 9.17) is 5.26 Å². The van der Waals surface area contributed by atoms with Crippen LogP contribution in [0.3, 0.4) is 0 Å². The highest BCUT2D eigenvalue weighted by Gasteiger charge is 2.14. The summed E-state index contributed by atoms with van der Waals surface area (Å²) < 4.78 is 0. The molecule has 4 heteroatoms. The predicted octanol–water partition coefficient (Wildman–Crippen LogP) is 2.46. The van der Waals surface area contributed by atoms with E-state index < -0.39 is 0 Å². The number of nitriles is 1. The van der Waals surface area contributed by atoms with Crippen molar-refractivity contribution in [1.82, 2.24) is 9.88 Å². The van der Waals surface area contributed by atoms with Crippen LogP contribution in [-0.4, -0.2) is 29.4 Å². The Morgan fingerprint density at radius 3 is 2.67 bits per heavy atom. The fraction of sp³-hybridized carbons (Fsp3) is 0.235. The van der Waals surface area contributed by atoms with Crippen LogP contribution in [0.15, 0.2) is 48.8 Å². The van der Waals surface area contributed by atoms with Crippen LogP contribution in [-0.2, 0) is 12.8 Å². The lowest BCUT2D eigenvalue weighted by atomic mass is 10.0. The van der Waals surface area contributed by atoms with Crippen molar-refractivity contribution in [1.29, 1.82) is 5.26 Å². The minimum Gasteiger partial charge on any atom is -0.341 e. The third kappa shape index (κ3) is 3.90. The molecule has 0 aliphatic carbocycles. The van der Waals surface area contributed by atoms with Crippen LogP contribution in [0.4, 0.5) is 0 Å². The zero-order valence-electron chi connectivity index (χ0n) is 12.0. The summed E-state index contributed by atoms with van der Waals surface area (Å²) in [4.78, 5) is 18.1. The lowest BCUT2D eigenvalue weighted by Gasteiger charge is -2.18. The number of nitrogens with zero attached hydrogens (tertiary/aromatic N) is 3. The third-order valence-electron chi connectivity index (χ3n) is 3.35. The first kappa shape index (κ1) is 14.7. The molecule has 1 aromatic carbocycles. The Balaban J connectivity index is 2.04. The molecular weight excluding hydrogens is 262 g/mol. The first-order chi connectivity index (χ1) is 10.2. The summed E-state index contributed by atoms with van der Waals surface area (Å²) in [5.74, 6) is -0.0464. The molecule has 4 nitrogen and oxygen atoms in total. The third-order valence-corrected chi connectivity index (χ3v) is 3.35. The summed E-state index contributed by atoms with van der Waals surface area (Å²) in [7, 11) is 1.78. The van der Waals surface area contributed by atoms with Gasteiger partial charge in [-0.3, -0.25) is 9.78 Å². The summed E-state index contributed by atoms with van der Waals surface area (Å²) >= 11 is 0. The molecule has 0 radical (unpaired) electrons. The molecule has 0 fully saturated rings. The van der Waals surface area contributed by atoms with Crippen molar-refractivity contribution in [3.05, 3.63) is 65.5 Å². The Hall–Kier alpha value is -2.67. The van der Waals surface area contributed by atoms with E-state index in [1.807, 2.05) is 30.3 Å². The molecule has 0 atom stereocenters. The zero-order chi connectivity index (χ0) is 15.1. The SMILES string of the molecule is CN(CCc1ccncc1)C(=O)c1ccccc1CC#N. The van der Waals surface area contributed by atoms with Gasteiger partial charge in [0.05, 0.1) is 12.5 Å². The van der Waals surface area contributed by atoms with Crippen molar-refractivity contribution < 1.29 is 4.79 Å². The molecule has 0 saturated heterocycles. The van der Waals surface area contributed by atoms with Crippen LogP contribution < -0.4 is 0 Å². The number of benzene rings is 1. The number of rotatable bonds is 5. The largest absolute Gasteiger partial charge is 0.341 e. The second kappa shape index (κ2) is 7.20. The quantitative estimate of drug-likeness (QED) is 0.844. The topological polar surface area (TPSA) is 57.0 Å². The monoisotopic (exact) mass is 279 g/mol. The highest BCUT2D eigenvalue weighted by atomic mass is 16.2. The maximum Gasteiger partial charge on any atom is 0.253 e. The molecule has 0 spiro atoms. The normalized spacial score (nSPS) is 9.90. The van der Waals surface area contributed by atoms with Crippen LogP contribution in [0.5, 0.6) is 0 Å². The van der Waals surface area contributed by atoms with E-state index >= 15 is 0 Å². The molecule has 106 valence electrons. The van der Waals surface area contributed by atoms with Crippen molar-refractivity contribution >= 4 is 5.91 Å². The van der Waals surface area contributed by atoms with Gasteiger partial charge in [0, 0.05) is 31.5 Å². The Labute approximate surface area is 124 Å². The minimum atomic E-state index is -0.0464. The number of hydrogen-bond acceptors (Lipinski definition) is 3. The summed E-state index contributed by atoms with van der Waals surface area (Å²) in [5, 5.41) is 8.84. The van der Waals surface area contributed by atoms with Crippen LogP contribution in [0.2, 0.25) is 0 Å². The summed E-state index contributed by atoms with van der Waals surface area (Å²) in [6.45, 7) is 0.629. The second-order valence-electron chi connectivity index (χ2n) is 4.82. The summed E-state index contributed by atoms with van der Waals surface area (Å²) in [6, 6.07) is 13.3. The number of amides is 1. The van der Waals surface area contributed by atoms with Crippen molar-refractivity contribution in [3.63, 3.8) is 0 Å². The molecule has 21 heavy (non-hydrogen) atoms. The standard InChI is InChI=1S/C17H17N3O/c1-20(13-9-14-7-11-19-12-8-14)17(21)16-5-3-2-4-15(16)6-10-18/h2-5,7-8,11-12H,6,9,13H2,1H3. The highest BCUT2D eigenvalue weighted by molar-refractivity contribution is 5.95. The minimum absolute atomic E-state index is 0.0464. The Morgan fingerprint density at radius 2 is 1.95 bits per heavy atom.